The molecule has 0 amide bonds. The zero-order chi connectivity index (χ0) is 7.90. The van der Waals surface area contributed by atoms with E-state index in [1.54, 1.807) is 18.2 Å². The first-order valence-corrected chi connectivity index (χ1v) is 4.88. The van der Waals surface area contributed by atoms with Crippen molar-refractivity contribution in [3.63, 3.8) is 0 Å². The van der Waals surface area contributed by atoms with Crippen LogP contribution in [0.1, 0.15) is 5.56 Å². The summed E-state index contributed by atoms with van der Waals surface area (Å²) in [5.41, 5.74) is 0.910. The van der Waals surface area contributed by atoms with E-state index >= 15 is 0 Å². The number of hydrogen-bond acceptors (Lipinski definition) is 2. The zero-order valence-corrected chi connectivity index (χ0v) is 6.60. The fourth-order valence-electron chi connectivity index (χ4n) is 1.14. The summed E-state index contributed by atoms with van der Waals surface area (Å²) in [6.45, 7) is 0. The van der Waals surface area contributed by atoms with Crippen molar-refractivity contribution >= 4 is 15.8 Å². The summed E-state index contributed by atoms with van der Waals surface area (Å²) >= 11 is 0. The van der Waals surface area contributed by atoms with Crippen LogP contribution in [-0.2, 0) is 9.73 Å². The third-order valence-electron chi connectivity index (χ3n) is 1.68. The highest BCUT2D eigenvalue weighted by Crippen LogP contribution is 2.26. The Labute approximate surface area is 65.5 Å². The molecule has 2 nitrogen and oxygen atoms in total. The molecule has 1 aromatic rings. The van der Waals surface area contributed by atoms with E-state index in [4.69, 9.17) is 4.78 Å². The van der Waals surface area contributed by atoms with Crippen LogP contribution in [0, 0.1) is 4.78 Å². The molecule has 3 heteroatoms. The van der Waals surface area contributed by atoms with Crippen LogP contribution in [0.5, 0.6) is 0 Å². The van der Waals surface area contributed by atoms with Gasteiger partial charge in [0.15, 0.2) is 0 Å². The lowest BCUT2D eigenvalue weighted by Crippen LogP contribution is -1.89. The van der Waals surface area contributed by atoms with Crippen molar-refractivity contribution < 1.29 is 4.21 Å². The van der Waals surface area contributed by atoms with Crippen molar-refractivity contribution in [2.45, 2.75) is 4.90 Å². The van der Waals surface area contributed by atoms with Crippen LogP contribution in [0.3, 0.4) is 0 Å². The molecule has 2 rings (SSSR count). The maximum atomic E-state index is 11.4. The Morgan fingerprint density at radius 3 is 2.73 bits per heavy atom. The first-order chi connectivity index (χ1) is 5.20. The second-order valence-corrected chi connectivity index (χ2v) is 4.35. The molecule has 0 bridgehead atoms. The summed E-state index contributed by atoms with van der Waals surface area (Å²) in [6, 6.07) is 7.29. The average molecular weight is 165 g/mol. The van der Waals surface area contributed by atoms with Crippen molar-refractivity contribution in [3.8, 4) is 0 Å². The molecule has 1 heterocycles. The third kappa shape index (κ3) is 0.886. The van der Waals surface area contributed by atoms with Crippen molar-refractivity contribution in [3.05, 3.63) is 35.2 Å². The van der Waals surface area contributed by atoms with E-state index in [-0.39, 0.29) is 0 Å². The lowest BCUT2D eigenvalue weighted by atomic mass is 10.2. The third-order valence-corrected chi connectivity index (χ3v) is 3.23. The van der Waals surface area contributed by atoms with Crippen molar-refractivity contribution in [1.82, 2.24) is 0 Å². The molecular formula is C8H7NOS. The lowest BCUT2D eigenvalue weighted by molar-refractivity contribution is 0.681. The number of benzene rings is 1. The maximum absolute atomic E-state index is 11.4. The van der Waals surface area contributed by atoms with E-state index in [2.05, 4.69) is 0 Å². The lowest BCUT2D eigenvalue weighted by Gasteiger charge is -1.97. The molecule has 1 unspecified atom stereocenters. The monoisotopic (exact) mass is 165 g/mol. The minimum absolute atomic E-state index is 0.639. The smallest absolute Gasteiger partial charge is 0.0949 e. The van der Waals surface area contributed by atoms with Gasteiger partial charge in [-0.3, -0.25) is 0 Å². The highest BCUT2D eigenvalue weighted by atomic mass is 32.2. The van der Waals surface area contributed by atoms with Gasteiger partial charge in [0.2, 0.25) is 0 Å². The van der Waals surface area contributed by atoms with Gasteiger partial charge in [0.25, 0.3) is 0 Å². The molecule has 56 valence electrons. The first kappa shape index (κ1) is 6.61. The molecule has 1 N–H and O–H groups in total. The summed E-state index contributed by atoms with van der Waals surface area (Å²) in [7, 11) is -2.59. The van der Waals surface area contributed by atoms with E-state index in [1.165, 1.54) is 5.41 Å². The predicted octanol–water partition coefficient (Wildman–Crippen LogP) is 2.08. The van der Waals surface area contributed by atoms with Crippen molar-refractivity contribution in [2.24, 2.45) is 0 Å². The van der Waals surface area contributed by atoms with Crippen LogP contribution >= 0.6 is 0 Å². The van der Waals surface area contributed by atoms with E-state index in [0.29, 0.717) is 4.90 Å². The fraction of sp³-hybridized carbons (Fsp3) is 0. The molecule has 0 fully saturated rings. The van der Waals surface area contributed by atoms with E-state index in [9.17, 15) is 4.21 Å². The van der Waals surface area contributed by atoms with Gasteiger partial charge >= 0.3 is 0 Å². The maximum Gasteiger partial charge on any atom is 0.0949 e. The van der Waals surface area contributed by atoms with Crippen LogP contribution in [-0.4, -0.2) is 4.21 Å². The Morgan fingerprint density at radius 1 is 1.27 bits per heavy atom. The SMILES string of the molecule is N=S1(=O)C=Cc2ccccc21. The molecule has 0 radical (unpaired) electrons. The first-order valence-electron chi connectivity index (χ1n) is 3.26. The molecule has 0 aliphatic carbocycles. The summed E-state index contributed by atoms with van der Waals surface area (Å²) in [4.78, 5) is 0.639. The Bertz CT molecular complexity index is 417. The van der Waals surface area contributed by atoms with Gasteiger partial charge in [0.1, 0.15) is 0 Å². The summed E-state index contributed by atoms with van der Waals surface area (Å²) in [6.07, 6.45) is 1.74. The fourth-order valence-corrected chi connectivity index (χ4v) is 2.39. The van der Waals surface area contributed by atoms with Gasteiger partial charge < -0.3 is 0 Å². The minimum Gasteiger partial charge on any atom is -0.245 e. The van der Waals surface area contributed by atoms with Gasteiger partial charge in [-0.15, -0.1) is 0 Å². The average Bonchev–Trinajstić information content (AvgIpc) is 2.29. The Balaban J connectivity index is 2.84. The van der Waals surface area contributed by atoms with Gasteiger partial charge in [0.05, 0.1) is 14.6 Å². The van der Waals surface area contributed by atoms with E-state index in [1.807, 2.05) is 12.1 Å². The number of nitrogens with one attached hydrogen (secondary N) is 1. The normalized spacial score (nSPS) is 26.9. The second kappa shape index (κ2) is 1.95. The second-order valence-electron chi connectivity index (χ2n) is 2.44. The molecule has 1 aliphatic heterocycles. The molecule has 1 atom stereocenters. The molecule has 1 aromatic carbocycles. The highest BCUT2D eigenvalue weighted by Gasteiger charge is 2.14. The molecule has 0 saturated carbocycles. The van der Waals surface area contributed by atoms with E-state index < -0.39 is 9.73 Å². The number of hydrogen-bond donors (Lipinski definition) is 1. The largest absolute Gasteiger partial charge is 0.245 e. The Morgan fingerprint density at radius 2 is 2.00 bits per heavy atom. The summed E-state index contributed by atoms with van der Waals surface area (Å²) in [5, 5.41) is 1.46. The van der Waals surface area contributed by atoms with Gasteiger partial charge in [-0.1, -0.05) is 18.2 Å². The van der Waals surface area contributed by atoms with Gasteiger partial charge in [0, 0.05) is 5.41 Å². The zero-order valence-electron chi connectivity index (χ0n) is 5.78. The standard InChI is InChI=1S/C8H7NOS/c9-11(10)6-5-7-3-1-2-4-8(7)11/h1-6,9H. The van der Waals surface area contributed by atoms with Crippen LogP contribution in [0.2, 0.25) is 0 Å². The Hall–Kier alpha value is -1.09. The summed E-state index contributed by atoms with van der Waals surface area (Å²) in [5.74, 6) is 0. The Kier molecular flexibility index (Phi) is 1.17. The van der Waals surface area contributed by atoms with Crippen LogP contribution in [0.25, 0.3) is 6.08 Å². The van der Waals surface area contributed by atoms with Gasteiger partial charge in [-0.2, -0.15) is 0 Å². The van der Waals surface area contributed by atoms with Gasteiger partial charge in [-0.05, 0) is 17.7 Å². The number of fused-ring (bicyclic) bond motifs is 1. The van der Waals surface area contributed by atoms with Crippen LogP contribution < -0.4 is 0 Å². The van der Waals surface area contributed by atoms with Crippen LogP contribution in [0.15, 0.2) is 34.6 Å². The molecule has 0 aromatic heterocycles. The molecule has 11 heavy (non-hydrogen) atoms. The predicted molar refractivity (Wildman–Crippen MR) is 44.6 cm³/mol. The van der Waals surface area contributed by atoms with E-state index in [0.717, 1.165) is 5.56 Å². The van der Waals surface area contributed by atoms with Crippen LogP contribution in [0.4, 0.5) is 0 Å². The molecule has 0 saturated heterocycles. The minimum atomic E-state index is -2.59. The molecule has 1 aliphatic rings. The summed E-state index contributed by atoms with van der Waals surface area (Å²) < 4.78 is 18.8. The molecule has 0 spiro atoms. The van der Waals surface area contributed by atoms with Gasteiger partial charge in [-0.25, -0.2) is 8.99 Å². The van der Waals surface area contributed by atoms with Crippen molar-refractivity contribution in [1.29, 1.82) is 4.78 Å². The van der Waals surface area contributed by atoms with Crippen molar-refractivity contribution in [2.75, 3.05) is 0 Å². The number of rotatable bonds is 0. The highest BCUT2D eigenvalue weighted by molar-refractivity contribution is 7.95. The topological polar surface area (TPSA) is 40.9 Å². The molecular weight excluding hydrogens is 158 g/mol. The quantitative estimate of drug-likeness (QED) is 0.628.